The summed E-state index contributed by atoms with van der Waals surface area (Å²) in [6.07, 6.45) is 6.63. The number of rotatable bonds is 9. The SMILES string of the molecule is CCCCC(CC)CC(NCC)c1ccc(C)cc1. The van der Waals surface area contributed by atoms with E-state index in [9.17, 15) is 0 Å². The van der Waals surface area contributed by atoms with Crippen molar-refractivity contribution in [2.45, 2.75) is 65.8 Å². The zero-order chi connectivity index (χ0) is 14.1. The number of hydrogen-bond donors (Lipinski definition) is 1. The van der Waals surface area contributed by atoms with Crippen molar-refractivity contribution >= 4 is 0 Å². The second kappa shape index (κ2) is 9.14. The third-order valence-corrected chi connectivity index (χ3v) is 4.04. The number of unbranched alkanes of at least 4 members (excludes halogenated alkanes) is 1. The Morgan fingerprint density at radius 1 is 1.05 bits per heavy atom. The molecular formula is C18H31N. The lowest BCUT2D eigenvalue weighted by Gasteiger charge is -2.24. The molecule has 0 saturated carbocycles. The van der Waals surface area contributed by atoms with Crippen molar-refractivity contribution in [3.8, 4) is 0 Å². The van der Waals surface area contributed by atoms with Crippen LogP contribution in [-0.2, 0) is 0 Å². The van der Waals surface area contributed by atoms with Crippen molar-refractivity contribution < 1.29 is 0 Å². The van der Waals surface area contributed by atoms with Crippen molar-refractivity contribution in [3.63, 3.8) is 0 Å². The normalized spacial score (nSPS) is 14.3. The first-order chi connectivity index (χ1) is 9.21. The minimum atomic E-state index is 0.521. The van der Waals surface area contributed by atoms with Crippen LogP contribution in [0, 0.1) is 12.8 Å². The first kappa shape index (κ1) is 16.2. The molecule has 0 radical (unpaired) electrons. The van der Waals surface area contributed by atoms with Gasteiger partial charge < -0.3 is 5.32 Å². The molecule has 108 valence electrons. The third kappa shape index (κ3) is 5.78. The molecule has 0 aliphatic carbocycles. The van der Waals surface area contributed by atoms with E-state index < -0.39 is 0 Å². The highest BCUT2D eigenvalue weighted by molar-refractivity contribution is 5.24. The molecule has 2 atom stereocenters. The Morgan fingerprint density at radius 2 is 1.74 bits per heavy atom. The lowest BCUT2D eigenvalue weighted by molar-refractivity contribution is 0.357. The van der Waals surface area contributed by atoms with E-state index in [1.807, 2.05) is 0 Å². The van der Waals surface area contributed by atoms with Crippen LogP contribution < -0.4 is 5.32 Å². The largest absolute Gasteiger partial charge is 0.310 e. The summed E-state index contributed by atoms with van der Waals surface area (Å²) >= 11 is 0. The molecule has 0 amide bonds. The van der Waals surface area contributed by atoms with Gasteiger partial charge in [0.15, 0.2) is 0 Å². The smallest absolute Gasteiger partial charge is 0.0322 e. The van der Waals surface area contributed by atoms with Crippen LogP contribution in [0.5, 0.6) is 0 Å². The molecule has 0 saturated heterocycles. The Labute approximate surface area is 119 Å². The summed E-state index contributed by atoms with van der Waals surface area (Å²) in [7, 11) is 0. The molecule has 0 bridgehead atoms. The van der Waals surface area contributed by atoms with Crippen LogP contribution in [0.1, 0.15) is 70.0 Å². The number of nitrogens with one attached hydrogen (secondary N) is 1. The summed E-state index contributed by atoms with van der Waals surface area (Å²) in [5, 5.41) is 3.66. The van der Waals surface area contributed by atoms with E-state index in [1.165, 1.54) is 43.2 Å². The third-order valence-electron chi connectivity index (χ3n) is 4.04. The molecule has 0 spiro atoms. The second-order valence-corrected chi connectivity index (χ2v) is 5.67. The first-order valence-electron chi connectivity index (χ1n) is 8.01. The molecule has 1 aromatic carbocycles. The molecule has 1 aromatic rings. The van der Waals surface area contributed by atoms with Gasteiger partial charge in [0.05, 0.1) is 0 Å². The Hall–Kier alpha value is -0.820. The van der Waals surface area contributed by atoms with Gasteiger partial charge in [0, 0.05) is 6.04 Å². The van der Waals surface area contributed by atoms with E-state index in [-0.39, 0.29) is 0 Å². The standard InChI is InChI=1S/C18H31N/c1-5-8-9-16(6-2)14-18(19-7-3)17-12-10-15(4)11-13-17/h10-13,16,18-19H,5-9,14H2,1-4H3. The minimum absolute atomic E-state index is 0.521. The Morgan fingerprint density at radius 3 is 2.26 bits per heavy atom. The van der Waals surface area contributed by atoms with E-state index in [1.54, 1.807) is 0 Å². The maximum absolute atomic E-state index is 3.66. The second-order valence-electron chi connectivity index (χ2n) is 5.67. The Kier molecular flexibility index (Phi) is 7.81. The summed E-state index contributed by atoms with van der Waals surface area (Å²) in [5.41, 5.74) is 2.79. The summed E-state index contributed by atoms with van der Waals surface area (Å²) in [6, 6.07) is 9.55. The van der Waals surface area contributed by atoms with E-state index in [0.717, 1.165) is 12.5 Å². The van der Waals surface area contributed by atoms with Gasteiger partial charge in [0.25, 0.3) is 0 Å². The van der Waals surface area contributed by atoms with Crippen LogP contribution in [0.25, 0.3) is 0 Å². The highest BCUT2D eigenvalue weighted by atomic mass is 14.9. The van der Waals surface area contributed by atoms with Gasteiger partial charge >= 0.3 is 0 Å². The average Bonchev–Trinajstić information content (AvgIpc) is 2.43. The van der Waals surface area contributed by atoms with Crippen molar-refractivity contribution in [1.29, 1.82) is 0 Å². The van der Waals surface area contributed by atoms with Crippen LogP contribution in [0.15, 0.2) is 24.3 Å². The van der Waals surface area contributed by atoms with Crippen molar-refractivity contribution in [2.24, 2.45) is 5.92 Å². The van der Waals surface area contributed by atoms with Crippen LogP contribution >= 0.6 is 0 Å². The van der Waals surface area contributed by atoms with E-state index in [0.29, 0.717) is 6.04 Å². The van der Waals surface area contributed by atoms with Gasteiger partial charge in [-0.3, -0.25) is 0 Å². The fourth-order valence-corrected chi connectivity index (χ4v) is 2.70. The van der Waals surface area contributed by atoms with E-state index in [4.69, 9.17) is 0 Å². The Balaban J connectivity index is 2.67. The summed E-state index contributed by atoms with van der Waals surface area (Å²) in [6.45, 7) is 10.0. The zero-order valence-electron chi connectivity index (χ0n) is 13.2. The molecule has 0 aliphatic heterocycles. The number of hydrogen-bond acceptors (Lipinski definition) is 1. The minimum Gasteiger partial charge on any atom is -0.310 e. The molecule has 1 N–H and O–H groups in total. The van der Waals surface area contributed by atoms with Gasteiger partial charge in [-0.1, -0.05) is 76.3 Å². The molecule has 1 rings (SSSR count). The van der Waals surface area contributed by atoms with Gasteiger partial charge in [-0.25, -0.2) is 0 Å². The molecule has 1 nitrogen and oxygen atoms in total. The average molecular weight is 261 g/mol. The number of aryl methyl sites for hydroxylation is 1. The fraction of sp³-hybridized carbons (Fsp3) is 0.667. The summed E-state index contributed by atoms with van der Waals surface area (Å²) < 4.78 is 0. The zero-order valence-corrected chi connectivity index (χ0v) is 13.2. The van der Waals surface area contributed by atoms with Crippen molar-refractivity contribution in [3.05, 3.63) is 35.4 Å². The van der Waals surface area contributed by atoms with Crippen LogP contribution in [0.2, 0.25) is 0 Å². The van der Waals surface area contributed by atoms with Gasteiger partial charge in [-0.15, -0.1) is 0 Å². The van der Waals surface area contributed by atoms with Crippen molar-refractivity contribution in [1.82, 2.24) is 5.32 Å². The van der Waals surface area contributed by atoms with Gasteiger partial charge in [0.2, 0.25) is 0 Å². The molecule has 19 heavy (non-hydrogen) atoms. The molecule has 0 aromatic heterocycles. The quantitative estimate of drug-likeness (QED) is 0.640. The molecular weight excluding hydrogens is 230 g/mol. The summed E-state index contributed by atoms with van der Waals surface area (Å²) in [5.74, 6) is 0.852. The lowest BCUT2D eigenvalue weighted by Crippen LogP contribution is -2.23. The van der Waals surface area contributed by atoms with Gasteiger partial charge in [0.1, 0.15) is 0 Å². The van der Waals surface area contributed by atoms with Gasteiger partial charge in [-0.05, 0) is 31.4 Å². The predicted octanol–water partition coefficient (Wildman–Crippen LogP) is 5.25. The van der Waals surface area contributed by atoms with Crippen molar-refractivity contribution in [2.75, 3.05) is 6.54 Å². The lowest BCUT2D eigenvalue weighted by atomic mass is 9.89. The van der Waals surface area contributed by atoms with Crippen LogP contribution in [0.4, 0.5) is 0 Å². The highest BCUT2D eigenvalue weighted by Crippen LogP contribution is 2.26. The topological polar surface area (TPSA) is 12.0 Å². The van der Waals surface area contributed by atoms with E-state index >= 15 is 0 Å². The first-order valence-corrected chi connectivity index (χ1v) is 8.01. The molecule has 0 fully saturated rings. The highest BCUT2D eigenvalue weighted by Gasteiger charge is 2.15. The van der Waals surface area contributed by atoms with E-state index in [2.05, 4.69) is 57.3 Å². The monoisotopic (exact) mass is 261 g/mol. The summed E-state index contributed by atoms with van der Waals surface area (Å²) in [4.78, 5) is 0. The predicted molar refractivity (Wildman–Crippen MR) is 85.5 cm³/mol. The molecule has 2 unspecified atom stereocenters. The Bertz CT molecular complexity index is 328. The van der Waals surface area contributed by atoms with Crippen LogP contribution in [-0.4, -0.2) is 6.54 Å². The maximum Gasteiger partial charge on any atom is 0.0322 e. The fourth-order valence-electron chi connectivity index (χ4n) is 2.70. The van der Waals surface area contributed by atoms with Crippen LogP contribution in [0.3, 0.4) is 0 Å². The maximum atomic E-state index is 3.66. The van der Waals surface area contributed by atoms with Gasteiger partial charge in [-0.2, -0.15) is 0 Å². The molecule has 0 heterocycles. The number of benzene rings is 1. The molecule has 1 heteroatoms. The molecule has 0 aliphatic rings.